The standard InChI is InChI=1S/C18H23Cl2N3O4S/c1-5-23(6-2)28(25,26)12-8-9-16(27-7-3)14(10-12)21-18(24)15-11-13(19)17(20)22(15)4/h8-11H,5-7H2,1-4H3,(H,21,24). The number of anilines is 1. The van der Waals surface area contributed by atoms with Crippen LogP contribution in [0.1, 0.15) is 31.3 Å². The van der Waals surface area contributed by atoms with Crippen molar-refractivity contribution in [1.29, 1.82) is 0 Å². The van der Waals surface area contributed by atoms with Gasteiger partial charge in [0.1, 0.15) is 16.6 Å². The molecule has 0 bridgehead atoms. The number of aromatic nitrogens is 1. The molecule has 0 radical (unpaired) electrons. The number of hydrogen-bond acceptors (Lipinski definition) is 4. The summed E-state index contributed by atoms with van der Waals surface area (Å²) >= 11 is 12.0. The lowest BCUT2D eigenvalue weighted by Gasteiger charge is -2.20. The number of ether oxygens (including phenoxy) is 1. The van der Waals surface area contributed by atoms with E-state index in [9.17, 15) is 13.2 Å². The second-order valence-corrected chi connectivity index (χ2v) is 8.56. The Morgan fingerprint density at radius 2 is 1.82 bits per heavy atom. The van der Waals surface area contributed by atoms with Crippen molar-refractivity contribution in [3.05, 3.63) is 40.1 Å². The monoisotopic (exact) mass is 447 g/mol. The number of benzene rings is 1. The van der Waals surface area contributed by atoms with Crippen molar-refractivity contribution < 1.29 is 17.9 Å². The quantitative estimate of drug-likeness (QED) is 0.662. The summed E-state index contributed by atoms with van der Waals surface area (Å²) < 4.78 is 33.9. The van der Waals surface area contributed by atoms with Gasteiger partial charge in [-0.25, -0.2) is 8.42 Å². The fourth-order valence-electron chi connectivity index (χ4n) is 2.71. The van der Waals surface area contributed by atoms with Crippen molar-refractivity contribution in [2.24, 2.45) is 7.05 Å². The maximum Gasteiger partial charge on any atom is 0.272 e. The number of carbonyl (C=O) groups is 1. The first-order valence-electron chi connectivity index (χ1n) is 8.76. The molecule has 0 unspecified atom stereocenters. The minimum Gasteiger partial charge on any atom is -0.492 e. The molecule has 0 saturated carbocycles. The number of sulfonamides is 1. The van der Waals surface area contributed by atoms with Gasteiger partial charge in [-0.3, -0.25) is 4.79 Å². The minimum atomic E-state index is -3.69. The van der Waals surface area contributed by atoms with Crippen molar-refractivity contribution >= 4 is 44.8 Å². The molecule has 1 heterocycles. The van der Waals surface area contributed by atoms with E-state index in [1.54, 1.807) is 27.8 Å². The molecule has 1 N–H and O–H groups in total. The van der Waals surface area contributed by atoms with Gasteiger partial charge in [-0.2, -0.15) is 4.31 Å². The highest BCUT2D eigenvalue weighted by Gasteiger charge is 2.24. The lowest BCUT2D eigenvalue weighted by Crippen LogP contribution is -2.30. The van der Waals surface area contributed by atoms with Gasteiger partial charge in [0.15, 0.2) is 0 Å². The van der Waals surface area contributed by atoms with Crippen LogP contribution in [0.4, 0.5) is 5.69 Å². The summed E-state index contributed by atoms with van der Waals surface area (Å²) in [5, 5.41) is 3.17. The van der Waals surface area contributed by atoms with Crippen LogP contribution < -0.4 is 10.1 Å². The van der Waals surface area contributed by atoms with E-state index < -0.39 is 15.9 Å². The zero-order valence-corrected chi connectivity index (χ0v) is 18.5. The number of carbonyl (C=O) groups excluding carboxylic acids is 1. The topological polar surface area (TPSA) is 80.6 Å². The normalized spacial score (nSPS) is 11.7. The van der Waals surface area contributed by atoms with E-state index in [4.69, 9.17) is 27.9 Å². The molecule has 10 heteroatoms. The number of amides is 1. The number of nitrogens with zero attached hydrogens (tertiary/aromatic N) is 2. The van der Waals surface area contributed by atoms with Gasteiger partial charge in [0.25, 0.3) is 5.91 Å². The summed E-state index contributed by atoms with van der Waals surface area (Å²) in [4.78, 5) is 12.8. The molecule has 0 aliphatic rings. The molecule has 1 aromatic carbocycles. The van der Waals surface area contributed by atoms with Gasteiger partial charge in [-0.1, -0.05) is 37.0 Å². The summed E-state index contributed by atoms with van der Waals surface area (Å²) in [6, 6.07) is 5.82. The Morgan fingerprint density at radius 1 is 1.18 bits per heavy atom. The molecule has 28 heavy (non-hydrogen) atoms. The minimum absolute atomic E-state index is 0.0675. The van der Waals surface area contributed by atoms with E-state index in [1.165, 1.54) is 33.1 Å². The molecule has 0 atom stereocenters. The van der Waals surface area contributed by atoms with Crippen molar-refractivity contribution in [2.45, 2.75) is 25.7 Å². The zero-order valence-electron chi connectivity index (χ0n) is 16.1. The predicted molar refractivity (Wildman–Crippen MR) is 111 cm³/mol. The van der Waals surface area contributed by atoms with Gasteiger partial charge in [0.05, 0.1) is 22.2 Å². The van der Waals surface area contributed by atoms with E-state index >= 15 is 0 Å². The molecular formula is C18H23Cl2N3O4S. The predicted octanol–water partition coefficient (Wildman–Crippen LogP) is 4.01. The van der Waals surface area contributed by atoms with Gasteiger partial charge in [-0.05, 0) is 31.2 Å². The Hall–Kier alpha value is -1.74. The van der Waals surface area contributed by atoms with Crippen LogP contribution in [0.25, 0.3) is 0 Å². The average molecular weight is 448 g/mol. The first kappa shape index (κ1) is 22.5. The third kappa shape index (κ3) is 4.46. The molecule has 0 aliphatic carbocycles. The van der Waals surface area contributed by atoms with Crippen molar-refractivity contribution in [1.82, 2.24) is 8.87 Å². The first-order valence-corrected chi connectivity index (χ1v) is 11.0. The summed E-state index contributed by atoms with van der Waals surface area (Å²) in [5.41, 5.74) is 0.475. The maximum atomic E-state index is 12.8. The van der Waals surface area contributed by atoms with Crippen LogP contribution in [-0.4, -0.2) is 42.9 Å². The van der Waals surface area contributed by atoms with Crippen LogP contribution in [-0.2, 0) is 17.1 Å². The van der Waals surface area contributed by atoms with E-state index in [0.717, 1.165) is 0 Å². The SMILES string of the molecule is CCOc1ccc(S(=O)(=O)N(CC)CC)cc1NC(=O)c1cc(Cl)c(Cl)n1C. The lowest BCUT2D eigenvalue weighted by atomic mass is 10.2. The van der Waals surface area contributed by atoms with E-state index in [-0.39, 0.29) is 26.5 Å². The number of halogens is 2. The van der Waals surface area contributed by atoms with Gasteiger partial charge in [0, 0.05) is 20.1 Å². The van der Waals surface area contributed by atoms with Crippen molar-refractivity contribution in [3.63, 3.8) is 0 Å². The van der Waals surface area contributed by atoms with Gasteiger partial charge in [-0.15, -0.1) is 0 Å². The molecule has 0 spiro atoms. The Morgan fingerprint density at radius 3 is 2.32 bits per heavy atom. The van der Waals surface area contributed by atoms with Crippen LogP contribution in [0.2, 0.25) is 10.2 Å². The molecule has 1 amide bonds. The molecule has 154 valence electrons. The summed E-state index contributed by atoms with van der Waals surface area (Å²) in [6.07, 6.45) is 0. The van der Waals surface area contributed by atoms with Gasteiger partial charge >= 0.3 is 0 Å². The van der Waals surface area contributed by atoms with E-state index in [1.807, 2.05) is 0 Å². The average Bonchev–Trinajstić information content (AvgIpc) is 2.91. The van der Waals surface area contributed by atoms with Crippen LogP contribution in [0, 0.1) is 0 Å². The van der Waals surface area contributed by atoms with Crippen LogP contribution in [0.3, 0.4) is 0 Å². The third-order valence-corrected chi connectivity index (χ3v) is 7.08. The fraction of sp³-hybridized carbons (Fsp3) is 0.389. The number of hydrogen-bond donors (Lipinski definition) is 1. The van der Waals surface area contributed by atoms with E-state index in [2.05, 4.69) is 5.32 Å². The zero-order chi connectivity index (χ0) is 21.1. The molecule has 0 saturated heterocycles. The van der Waals surface area contributed by atoms with Crippen molar-refractivity contribution in [3.8, 4) is 5.75 Å². The third-order valence-electron chi connectivity index (χ3n) is 4.19. The smallest absolute Gasteiger partial charge is 0.272 e. The summed E-state index contributed by atoms with van der Waals surface area (Å²) in [6.45, 7) is 6.36. The highest BCUT2D eigenvalue weighted by atomic mass is 35.5. The second-order valence-electron chi connectivity index (χ2n) is 5.86. The highest BCUT2D eigenvalue weighted by molar-refractivity contribution is 7.89. The van der Waals surface area contributed by atoms with Gasteiger partial charge in [0.2, 0.25) is 10.0 Å². The Kier molecular flexibility index (Phi) is 7.39. The fourth-order valence-corrected chi connectivity index (χ4v) is 4.57. The molecule has 2 aromatic rings. The second kappa shape index (κ2) is 9.17. The number of rotatable bonds is 8. The van der Waals surface area contributed by atoms with Gasteiger partial charge < -0.3 is 14.6 Å². The maximum absolute atomic E-state index is 12.8. The molecule has 0 aliphatic heterocycles. The molecule has 7 nitrogen and oxygen atoms in total. The Labute approximate surface area is 175 Å². The summed E-state index contributed by atoms with van der Waals surface area (Å²) in [5.74, 6) is -0.129. The highest BCUT2D eigenvalue weighted by Crippen LogP contribution is 2.31. The molecular weight excluding hydrogens is 425 g/mol. The van der Waals surface area contributed by atoms with Crippen LogP contribution in [0.5, 0.6) is 5.75 Å². The van der Waals surface area contributed by atoms with E-state index in [0.29, 0.717) is 25.4 Å². The largest absolute Gasteiger partial charge is 0.492 e. The Balaban J connectivity index is 2.46. The molecule has 0 fully saturated rings. The first-order chi connectivity index (χ1) is 13.2. The Bertz CT molecular complexity index is 969. The van der Waals surface area contributed by atoms with Crippen LogP contribution >= 0.6 is 23.2 Å². The summed E-state index contributed by atoms with van der Waals surface area (Å²) in [7, 11) is -2.08. The van der Waals surface area contributed by atoms with Crippen molar-refractivity contribution in [2.75, 3.05) is 25.0 Å². The van der Waals surface area contributed by atoms with Crippen LogP contribution in [0.15, 0.2) is 29.2 Å². The number of nitrogens with one attached hydrogen (secondary N) is 1. The molecule has 1 aromatic heterocycles. The molecule has 2 rings (SSSR count). The lowest BCUT2D eigenvalue weighted by molar-refractivity contribution is 0.101.